The molecule has 0 aliphatic carbocycles. The smallest absolute Gasteiger partial charge is 0.406 e. The fourth-order valence-corrected chi connectivity index (χ4v) is 3.34. The molecule has 0 amide bonds. The number of pyridine rings is 1. The third kappa shape index (κ3) is 4.68. The molecule has 0 saturated heterocycles. The number of H-pyrrole nitrogens is 1. The molecule has 2 aromatic heterocycles. The summed E-state index contributed by atoms with van der Waals surface area (Å²) in [7, 11) is 0. The Bertz CT molecular complexity index is 1280. The van der Waals surface area contributed by atoms with Crippen LogP contribution in [0.3, 0.4) is 0 Å². The van der Waals surface area contributed by atoms with Gasteiger partial charge >= 0.3 is 6.36 Å². The molecule has 0 saturated carbocycles. The van der Waals surface area contributed by atoms with Gasteiger partial charge in [-0.15, -0.1) is 13.2 Å². The third-order valence-corrected chi connectivity index (χ3v) is 4.68. The number of nitrogens with zero attached hydrogens (tertiary/aromatic N) is 1. The maximum absolute atomic E-state index is 12.5. The van der Waals surface area contributed by atoms with Crippen LogP contribution in [0.4, 0.5) is 18.9 Å². The van der Waals surface area contributed by atoms with E-state index < -0.39 is 23.9 Å². The molecule has 4 rings (SSSR count). The lowest BCUT2D eigenvalue weighted by molar-refractivity contribution is -0.274. The summed E-state index contributed by atoms with van der Waals surface area (Å²) in [6.45, 7) is 0. The molecule has 6 nitrogen and oxygen atoms in total. The van der Waals surface area contributed by atoms with Gasteiger partial charge in [-0.05, 0) is 54.6 Å². The lowest BCUT2D eigenvalue weighted by Crippen LogP contribution is -2.18. The zero-order valence-corrected chi connectivity index (χ0v) is 16.4. The molecule has 160 valence electrons. The fraction of sp³-hybridized carbons (Fsp3) is 0.0952. The van der Waals surface area contributed by atoms with Crippen LogP contribution in [0.15, 0.2) is 71.5 Å². The number of nitrogens with one attached hydrogen (secondary N) is 2. The zero-order valence-electron chi connectivity index (χ0n) is 15.7. The maximum Gasteiger partial charge on any atom is 0.573 e. The van der Waals surface area contributed by atoms with Gasteiger partial charge in [0.15, 0.2) is 6.23 Å². The highest BCUT2D eigenvalue weighted by atomic mass is 35.5. The number of aromatic nitrogens is 2. The molecular weight excluding hydrogens is 435 g/mol. The van der Waals surface area contributed by atoms with Gasteiger partial charge in [-0.3, -0.25) is 9.36 Å². The number of fused-ring (bicyclic) bond motifs is 1. The number of ether oxygens (including phenoxy) is 1. The lowest BCUT2D eigenvalue weighted by Gasteiger charge is -2.13. The Hall–Kier alpha value is -3.43. The number of aromatic amines is 1. The maximum atomic E-state index is 12.5. The first-order valence-corrected chi connectivity index (χ1v) is 9.38. The van der Waals surface area contributed by atoms with Crippen LogP contribution in [0, 0.1) is 0 Å². The van der Waals surface area contributed by atoms with Gasteiger partial charge in [0.25, 0.3) is 5.56 Å². The van der Waals surface area contributed by atoms with E-state index in [1.54, 1.807) is 36.4 Å². The summed E-state index contributed by atoms with van der Waals surface area (Å²) in [4.78, 5) is 15.5. The third-order valence-electron chi connectivity index (χ3n) is 4.45. The second-order valence-corrected chi connectivity index (χ2v) is 7.07. The number of anilines is 1. The van der Waals surface area contributed by atoms with Gasteiger partial charge in [0.05, 0.1) is 11.4 Å². The summed E-state index contributed by atoms with van der Waals surface area (Å²) in [5.41, 5.74) is 1.28. The van der Waals surface area contributed by atoms with Crippen molar-refractivity contribution in [2.75, 3.05) is 5.32 Å². The number of halogens is 4. The molecule has 3 N–H and O–H groups in total. The van der Waals surface area contributed by atoms with Gasteiger partial charge in [-0.2, -0.15) is 0 Å². The van der Waals surface area contributed by atoms with Crippen LogP contribution in [0.25, 0.3) is 16.7 Å². The minimum Gasteiger partial charge on any atom is -0.406 e. The highest BCUT2D eigenvalue weighted by molar-refractivity contribution is 6.30. The van der Waals surface area contributed by atoms with Crippen molar-refractivity contribution >= 4 is 28.3 Å². The Labute approximate surface area is 178 Å². The summed E-state index contributed by atoms with van der Waals surface area (Å²) in [5, 5.41) is 14.6. The van der Waals surface area contributed by atoms with E-state index in [1.807, 2.05) is 0 Å². The van der Waals surface area contributed by atoms with Gasteiger partial charge in [0.2, 0.25) is 0 Å². The summed E-state index contributed by atoms with van der Waals surface area (Å²) in [6, 6.07) is 16.3. The van der Waals surface area contributed by atoms with Crippen molar-refractivity contribution in [3.63, 3.8) is 0 Å². The van der Waals surface area contributed by atoms with Crippen LogP contribution in [0.2, 0.25) is 5.02 Å². The first kappa shape index (κ1) is 20.8. The Morgan fingerprint density at radius 1 is 1.06 bits per heavy atom. The van der Waals surface area contributed by atoms with E-state index in [-0.39, 0.29) is 0 Å². The van der Waals surface area contributed by atoms with E-state index in [9.17, 15) is 23.1 Å². The molecule has 2 aromatic carbocycles. The van der Waals surface area contributed by atoms with E-state index in [1.165, 1.54) is 22.8 Å². The highest BCUT2D eigenvalue weighted by Crippen LogP contribution is 2.26. The monoisotopic (exact) mass is 449 g/mol. The molecular formula is C21H15ClF3N3O3. The molecule has 0 radical (unpaired) electrons. The van der Waals surface area contributed by atoms with E-state index >= 15 is 0 Å². The van der Waals surface area contributed by atoms with Crippen molar-refractivity contribution in [2.24, 2.45) is 0 Å². The van der Waals surface area contributed by atoms with Crippen LogP contribution in [0.5, 0.6) is 5.75 Å². The molecule has 1 atom stereocenters. The van der Waals surface area contributed by atoms with E-state index in [2.05, 4.69) is 15.0 Å². The summed E-state index contributed by atoms with van der Waals surface area (Å²) >= 11 is 5.95. The average Bonchev–Trinajstić information content (AvgIpc) is 3.12. The summed E-state index contributed by atoms with van der Waals surface area (Å²) < 4.78 is 42.3. The van der Waals surface area contributed by atoms with Crippen LogP contribution < -0.4 is 15.6 Å². The average molecular weight is 450 g/mol. The highest BCUT2D eigenvalue weighted by Gasteiger charge is 2.31. The van der Waals surface area contributed by atoms with Gasteiger partial charge in [0, 0.05) is 22.2 Å². The fourth-order valence-electron chi connectivity index (χ4n) is 3.15. The first-order valence-electron chi connectivity index (χ1n) is 9.01. The van der Waals surface area contributed by atoms with E-state index in [0.717, 1.165) is 12.1 Å². The normalized spacial score (nSPS) is 12.7. The molecule has 4 aromatic rings. The topological polar surface area (TPSA) is 79.3 Å². The molecule has 0 spiro atoms. The quantitative estimate of drug-likeness (QED) is 0.376. The van der Waals surface area contributed by atoms with Crippen molar-refractivity contribution in [2.45, 2.75) is 12.6 Å². The Morgan fingerprint density at radius 3 is 2.48 bits per heavy atom. The molecule has 10 heteroatoms. The van der Waals surface area contributed by atoms with E-state index in [4.69, 9.17) is 11.6 Å². The SMILES string of the molecule is O=c1ccc2cc(C(O)Nc3cccc(Cl)c3)[nH]c2n1-c1ccc(OC(F)(F)F)cc1. The molecule has 0 bridgehead atoms. The molecule has 31 heavy (non-hydrogen) atoms. The standard InChI is InChI=1S/C21H15ClF3N3O3/c22-13-2-1-3-14(11-13)26-20(30)17-10-12-4-9-18(29)28(19(12)27-17)15-5-7-16(8-6-15)31-21(23,24)25/h1-11,20,26-27,30H. The minimum absolute atomic E-state index is 0.329. The number of aliphatic hydroxyl groups is 1. The van der Waals surface area contributed by atoms with Crippen molar-refractivity contribution in [3.8, 4) is 11.4 Å². The van der Waals surface area contributed by atoms with Crippen molar-refractivity contribution in [1.29, 1.82) is 0 Å². The summed E-state index contributed by atoms with van der Waals surface area (Å²) in [6.07, 6.45) is -5.93. The van der Waals surface area contributed by atoms with Gasteiger partial charge in [0.1, 0.15) is 11.4 Å². The Balaban J connectivity index is 1.68. The number of hydrogen-bond acceptors (Lipinski definition) is 4. The van der Waals surface area contributed by atoms with E-state index in [0.29, 0.717) is 33.1 Å². The lowest BCUT2D eigenvalue weighted by atomic mass is 10.2. The number of aliphatic hydroxyl groups excluding tert-OH is 1. The number of hydrogen-bond donors (Lipinski definition) is 3. The van der Waals surface area contributed by atoms with Crippen molar-refractivity contribution < 1.29 is 23.0 Å². The largest absolute Gasteiger partial charge is 0.573 e. The van der Waals surface area contributed by atoms with Crippen molar-refractivity contribution in [3.05, 3.63) is 87.8 Å². The Kier molecular flexibility index (Phi) is 5.38. The second-order valence-electron chi connectivity index (χ2n) is 6.63. The number of rotatable bonds is 5. The predicted molar refractivity (Wildman–Crippen MR) is 111 cm³/mol. The molecule has 0 aliphatic heterocycles. The molecule has 2 heterocycles. The van der Waals surface area contributed by atoms with Crippen molar-refractivity contribution in [1.82, 2.24) is 9.55 Å². The second kappa shape index (κ2) is 8.01. The first-order chi connectivity index (χ1) is 14.7. The molecule has 0 fully saturated rings. The predicted octanol–water partition coefficient (Wildman–Crippen LogP) is 4.97. The van der Waals surface area contributed by atoms with Gasteiger partial charge < -0.3 is 20.1 Å². The van der Waals surface area contributed by atoms with Crippen LogP contribution in [-0.4, -0.2) is 21.0 Å². The number of alkyl halides is 3. The minimum atomic E-state index is -4.81. The van der Waals surface area contributed by atoms with Crippen LogP contribution in [-0.2, 0) is 0 Å². The van der Waals surface area contributed by atoms with Crippen LogP contribution in [0.1, 0.15) is 11.9 Å². The summed E-state index contributed by atoms with van der Waals surface area (Å²) in [5.74, 6) is -0.398. The van der Waals surface area contributed by atoms with Gasteiger partial charge in [-0.1, -0.05) is 17.7 Å². The number of benzene rings is 2. The zero-order chi connectivity index (χ0) is 22.2. The Morgan fingerprint density at radius 2 is 1.81 bits per heavy atom. The molecule has 0 aliphatic rings. The van der Waals surface area contributed by atoms with Crippen LogP contribution >= 0.6 is 11.6 Å². The molecule has 1 unspecified atom stereocenters. The van der Waals surface area contributed by atoms with Gasteiger partial charge in [-0.25, -0.2) is 0 Å².